The second-order valence-electron chi connectivity index (χ2n) is 3.17. The molecule has 0 bridgehead atoms. The number of terminal acetylenes is 1. The van der Waals surface area contributed by atoms with E-state index in [1.807, 2.05) is 12.1 Å². The molecule has 4 heteroatoms. The molecule has 0 spiro atoms. The van der Waals surface area contributed by atoms with Gasteiger partial charge in [0, 0.05) is 5.75 Å². The summed E-state index contributed by atoms with van der Waals surface area (Å²) in [5, 5.41) is 8.72. The molecule has 0 aromatic heterocycles. The minimum absolute atomic E-state index is 0.0172. The van der Waals surface area contributed by atoms with Gasteiger partial charge in [-0.3, -0.25) is 4.79 Å². The van der Waals surface area contributed by atoms with Crippen molar-refractivity contribution in [3.63, 3.8) is 0 Å². The molecule has 0 aliphatic rings. The Kier molecular flexibility index (Phi) is 5.71. The first-order valence-electron chi connectivity index (χ1n) is 4.92. The molecule has 0 N–H and O–H groups in total. The lowest BCUT2D eigenvalue weighted by molar-refractivity contribution is -0.138. The Morgan fingerprint density at radius 1 is 1.53 bits per heavy atom. The van der Waals surface area contributed by atoms with E-state index in [0.29, 0.717) is 11.3 Å². The third kappa shape index (κ3) is 5.10. The fourth-order valence-electron chi connectivity index (χ4n) is 1.15. The third-order valence-electron chi connectivity index (χ3n) is 1.86. The first-order valence-corrected chi connectivity index (χ1v) is 6.07. The molecule has 0 saturated heterocycles. The standard InChI is InChI=1S/C13H11NO2S/c1-2-6-16-13(15)10-17-9-12-5-3-4-11(7-12)8-14/h1,3-5,7H,6,9-10H2. The molecule has 0 amide bonds. The summed E-state index contributed by atoms with van der Waals surface area (Å²) < 4.78 is 4.73. The normalized spacial score (nSPS) is 9.06. The minimum atomic E-state index is -0.315. The molecule has 1 aromatic rings. The average Bonchev–Trinajstić information content (AvgIpc) is 2.36. The number of esters is 1. The SMILES string of the molecule is C#CCOC(=O)CSCc1cccc(C#N)c1. The van der Waals surface area contributed by atoms with Crippen molar-refractivity contribution in [1.29, 1.82) is 5.26 Å². The van der Waals surface area contributed by atoms with Crippen LogP contribution in [0.15, 0.2) is 24.3 Å². The summed E-state index contributed by atoms with van der Waals surface area (Å²) >= 11 is 1.43. The molecule has 86 valence electrons. The van der Waals surface area contributed by atoms with Crippen LogP contribution in [0.5, 0.6) is 0 Å². The lowest BCUT2D eigenvalue weighted by Crippen LogP contribution is -2.07. The number of hydrogen-bond acceptors (Lipinski definition) is 4. The lowest BCUT2D eigenvalue weighted by Gasteiger charge is -2.02. The van der Waals surface area contributed by atoms with Crippen molar-refractivity contribution in [2.45, 2.75) is 5.75 Å². The second kappa shape index (κ2) is 7.38. The van der Waals surface area contributed by atoms with Gasteiger partial charge in [0.1, 0.15) is 0 Å². The Morgan fingerprint density at radius 2 is 2.35 bits per heavy atom. The Hall–Kier alpha value is -1.91. The fourth-order valence-corrected chi connectivity index (χ4v) is 1.91. The largest absolute Gasteiger partial charge is 0.452 e. The van der Waals surface area contributed by atoms with E-state index in [1.54, 1.807) is 12.1 Å². The molecule has 0 heterocycles. The number of carbonyl (C=O) groups is 1. The molecule has 3 nitrogen and oxygen atoms in total. The molecular formula is C13H11NO2S. The van der Waals surface area contributed by atoms with Crippen molar-refractivity contribution >= 4 is 17.7 Å². The van der Waals surface area contributed by atoms with Gasteiger partial charge in [-0.1, -0.05) is 18.1 Å². The van der Waals surface area contributed by atoms with Gasteiger partial charge in [-0.15, -0.1) is 18.2 Å². The van der Waals surface area contributed by atoms with Crippen LogP contribution in [0.3, 0.4) is 0 Å². The number of thioether (sulfide) groups is 1. The van der Waals surface area contributed by atoms with E-state index in [-0.39, 0.29) is 18.3 Å². The maximum absolute atomic E-state index is 11.1. The van der Waals surface area contributed by atoms with E-state index in [4.69, 9.17) is 16.4 Å². The summed E-state index contributed by atoms with van der Waals surface area (Å²) in [4.78, 5) is 11.1. The number of benzene rings is 1. The molecule has 1 aromatic carbocycles. The monoisotopic (exact) mass is 245 g/mol. The highest BCUT2D eigenvalue weighted by Crippen LogP contribution is 2.13. The van der Waals surface area contributed by atoms with Crippen molar-refractivity contribution < 1.29 is 9.53 Å². The minimum Gasteiger partial charge on any atom is -0.452 e. The average molecular weight is 245 g/mol. The van der Waals surface area contributed by atoms with Gasteiger partial charge in [0.2, 0.25) is 0 Å². The number of nitriles is 1. The van der Waals surface area contributed by atoms with Crippen molar-refractivity contribution in [2.75, 3.05) is 12.4 Å². The van der Waals surface area contributed by atoms with Gasteiger partial charge in [-0.2, -0.15) is 5.26 Å². The fraction of sp³-hybridized carbons (Fsp3) is 0.231. The third-order valence-corrected chi connectivity index (χ3v) is 2.84. The molecule has 17 heavy (non-hydrogen) atoms. The molecular weight excluding hydrogens is 234 g/mol. The molecule has 0 atom stereocenters. The highest BCUT2D eigenvalue weighted by Gasteiger charge is 2.02. The van der Waals surface area contributed by atoms with Crippen LogP contribution < -0.4 is 0 Å². The van der Waals surface area contributed by atoms with Crippen molar-refractivity contribution in [2.24, 2.45) is 0 Å². The van der Waals surface area contributed by atoms with Crippen LogP contribution in [0, 0.1) is 23.7 Å². The van der Waals surface area contributed by atoms with E-state index in [9.17, 15) is 4.79 Å². The van der Waals surface area contributed by atoms with E-state index in [2.05, 4.69) is 12.0 Å². The number of rotatable bonds is 5. The Labute approximate surface area is 105 Å². The van der Waals surface area contributed by atoms with E-state index < -0.39 is 0 Å². The predicted molar refractivity (Wildman–Crippen MR) is 67.1 cm³/mol. The molecule has 0 radical (unpaired) electrons. The van der Waals surface area contributed by atoms with Crippen LogP contribution >= 0.6 is 11.8 Å². The smallest absolute Gasteiger partial charge is 0.316 e. The summed E-state index contributed by atoms with van der Waals surface area (Å²) in [5.74, 6) is 2.85. The maximum Gasteiger partial charge on any atom is 0.316 e. The number of hydrogen-bond donors (Lipinski definition) is 0. The van der Waals surface area contributed by atoms with Crippen LogP contribution in [0.1, 0.15) is 11.1 Å². The predicted octanol–water partition coefficient (Wildman–Crippen LogP) is 1.97. The summed E-state index contributed by atoms with van der Waals surface area (Å²) in [6.07, 6.45) is 4.96. The zero-order valence-corrected chi connectivity index (χ0v) is 10.00. The molecule has 0 aliphatic carbocycles. The second-order valence-corrected chi connectivity index (χ2v) is 4.16. The van der Waals surface area contributed by atoms with Crippen LogP contribution in [-0.4, -0.2) is 18.3 Å². The summed E-state index contributed by atoms with van der Waals surface area (Å²) in [6, 6.07) is 9.36. The van der Waals surface area contributed by atoms with Gasteiger partial charge < -0.3 is 4.74 Å². The first-order chi connectivity index (χ1) is 8.26. The summed E-state index contributed by atoms with van der Waals surface area (Å²) in [5.41, 5.74) is 1.64. The van der Waals surface area contributed by atoms with Crippen LogP contribution in [0.4, 0.5) is 0 Å². The topological polar surface area (TPSA) is 50.1 Å². The van der Waals surface area contributed by atoms with E-state index in [1.165, 1.54) is 11.8 Å². The van der Waals surface area contributed by atoms with E-state index in [0.717, 1.165) is 5.56 Å². The van der Waals surface area contributed by atoms with Gasteiger partial charge >= 0.3 is 5.97 Å². The quantitative estimate of drug-likeness (QED) is 0.588. The lowest BCUT2D eigenvalue weighted by atomic mass is 10.2. The van der Waals surface area contributed by atoms with Gasteiger partial charge in [-0.05, 0) is 17.7 Å². The van der Waals surface area contributed by atoms with Crippen molar-refractivity contribution in [3.8, 4) is 18.4 Å². The van der Waals surface area contributed by atoms with Crippen LogP contribution in [-0.2, 0) is 15.3 Å². The molecule has 0 unspecified atom stereocenters. The van der Waals surface area contributed by atoms with Gasteiger partial charge in [0.25, 0.3) is 0 Å². The summed E-state index contributed by atoms with van der Waals surface area (Å²) in [7, 11) is 0. The van der Waals surface area contributed by atoms with Crippen molar-refractivity contribution in [3.05, 3.63) is 35.4 Å². The van der Waals surface area contributed by atoms with Crippen LogP contribution in [0.25, 0.3) is 0 Å². The molecule has 0 fully saturated rings. The maximum atomic E-state index is 11.1. The first kappa shape index (κ1) is 13.2. The Bertz CT molecular complexity index is 471. The number of nitrogens with zero attached hydrogens (tertiary/aromatic N) is 1. The van der Waals surface area contributed by atoms with Crippen molar-refractivity contribution in [1.82, 2.24) is 0 Å². The number of ether oxygens (including phenoxy) is 1. The molecule has 1 rings (SSSR count). The molecule has 0 aliphatic heterocycles. The Balaban J connectivity index is 2.34. The summed E-state index contributed by atoms with van der Waals surface area (Å²) in [6.45, 7) is 0.0172. The highest BCUT2D eigenvalue weighted by atomic mass is 32.2. The zero-order chi connectivity index (χ0) is 12.5. The number of carbonyl (C=O) groups excluding carboxylic acids is 1. The van der Waals surface area contributed by atoms with Gasteiger partial charge in [0.15, 0.2) is 6.61 Å². The highest BCUT2D eigenvalue weighted by molar-refractivity contribution is 7.99. The van der Waals surface area contributed by atoms with E-state index >= 15 is 0 Å². The molecule has 0 saturated carbocycles. The zero-order valence-electron chi connectivity index (χ0n) is 9.18. The Morgan fingerprint density at radius 3 is 3.06 bits per heavy atom. The van der Waals surface area contributed by atoms with Gasteiger partial charge in [0.05, 0.1) is 17.4 Å². The van der Waals surface area contributed by atoms with Crippen LogP contribution in [0.2, 0.25) is 0 Å². The van der Waals surface area contributed by atoms with Gasteiger partial charge in [-0.25, -0.2) is 0 Å².